The van der Waals surface area contributed by atoms with Gasteiger partial charge in [-0.2, -0.15) is 0 Å². The maximum Gasteiger partial charge on any atom is 0.0392 e. The van der Waals surface area contributed by atoms with Crippen LogP contribution < -0.4 is 11.3 Å². The van der Waals surface area contributed by atoms with Crippen molar-refractivity contribution in [3.8, 4) is 0 Å². The minimum atomic E-state index is 0.212. The SMILES string of the molecule is C=CCCCCCC(NN)C(C)(CC)N1CCCC1. The molecular formula is C16H33N3. The normalized spacial score (nSPS) is 21.2. The zero-order valence-electron chi connectivity index (χ0n) is 13.0. The van der Waals surface area contributed by atoms with Crippen LogP contribution in [0.15, 0.2) is 12.7 Å². The highest BCUT2D eigenvalue weighted by atomic mass is 15.3. The van der Waals surface area contributed by atoms with Crippen LogP contribution in [0.4, 0.5) is 0 Å². The predicted molar refractivity (Wildman–Crippen MR) is 83.9 cm³/mol. The van der Waals surface area contributed by atoms with E-state index in [1.165, 1.54) is 51.6 Å². The minimum Gasteiger partial charge on any atom is -0.296 e. The van der Waals surface area contributed by atoms with E-state index in [9.17, 15) is 0 Å². The third-order valence-corrected chi connectivity index (χ3v) is 4.90. The maximum atomic E-state index is 5.85. The van der Waals surface area contributed by atoms with Gasteiger partial charge < -0.3 is 0 Å². The van der Waals surface area contributed by atoms with Crippen LogP contribution in [0, 0.1) is 0 Å². The lowest BCUT2D eigenvalue weighted by Gasteiger charge is -2.44. The fourth-order valence-corrected chi connectivity index (χ4v) is 3.31. The summed E-state index contributed by atoms with van der Waals surface area (Å²) in [6, 6.07) is 0.402. The Bertz CT molecular complexity index is 248. The van der Waals surface area contributed by atoms with E-state index in [2.05, 4.69) is 30.8 Å². The molecule has 19 heavy (non-hydrogen) atoms. The highest BCUT2D eigenvalue weighted by molar-refractivity contribution is 4.96. The van der Waals surface area contributed by atoms with Crippen LogP contribution in [-0.4, -0.2) is 29.6 Å². The van der Waals surface area contributed by atoms with Crippen LogP contribution in [0.1, 0.15) is 65.2 Å². The summed E-state index contributed by atoms with van der Waals surface area (Å²) >= 11 is 0. The van der Waals surface area contributed by atoms with E-state index in [0.29, 0.717) is 6.04 Å². The molecule has 0 amide bonds. The highest BCUT2D eigenvalue weighted by Gasteiger charge is 2.38. The van der Waals surface area contributed by atoms with Gasteiger partial charge in [-0.05, 0) is 58.5 Å². The van der Waals surface area contributed by atoms with Gasteiger partial charge in [0, 0.05) is 11.6 Å². The summed E-state index contributed by atoms with van der Waals surface area (Å²) in [5.41, 5.74) is 3.31. The molecular weight excluding hydrogens is 234 g/mol. The molecule has 3 heteroatoms. The van der Waals surface area contributed by atoms with Gasteiger partial charge in [0.25, 0.3) is 0 Å². The molecule has 3 nitrogen and oxygen atoms in total. The Balaban J connectivity index is 2.46. The Hall–Kier alpha value is -0.380. The lowest BCUT2D eigenvalue weighted by atomic mass is 9.84. The van der Waals surface area contributed by atoms with E-state index in [1.54, 1.807) is 0 Å². The van der Waals surface area contributed by atoms with Crippen LogP contribution in [-0.2, 0) is 0 Å². The van der Waals surface area contributed by atoms with Crippen molar-refractivity contribution >= 4 is 0 Å². The number of likely N-dealkylation sites (tertiary alicyclic amines) is 1. The van der Waals surface area contributed by atoms with Gasteiger partial charge in [0.05, 0.1) is 0 Å². The third kappa shape index (κ3) is 4.59. The summed E-state index contributed by atoms with van der Waals surface area (Å²) in [6.07, 6.45) is 12.0. The van der Waals surface area contributed by atoms with Gasteiger partial charge in [0.2, 0.25) is 0 Å². The first kappa shape index (κ1) is 16.7. The van der Waals surface area contributed by atoms with Gasteiger partial charge >= 0.3 is 0 Å². The van der Waals surface area contributed by atoms with E-state index in [0.717, 1.165) is 12.8 Å². The molecule has 0 aromatic heterocycles. The second kappa shape index (κ2) is 8.72. The summed E-state index contributed by atoms with van der Waals surface area (Å²) in [6.45, 7) is 10.9. The molecule has 0 saturated carbocycles. The summed E-state index contributed by atoms with van der Waals surface area (Å²) in [4.78, 5) is 2.64. The van der Waals surface area contributed by atoms with Gasteiger partial charge in [-0.3, -0.25) is 16.2 Å². The molecule has 1 aliphatic heterocycles. The van der Waals surface area contributed by atoms with Gasteiger partial charge in [-0.15, -0.1) is 6.58 Å². The molecule has 2 atom stereocenters. The van der Waals surface area contributed by atoms with Crippen molar-refractivity contribution in [2.75, 3.05) is 13.1 Å². The van der Waals surface area contributed by atoms with Crippen LogP contribution >= 0.6 is 0 Å². The Morgan fingerprint density at radius 1 is 1.32 bits per heavy atom. The van der Waals surface area contributed by atoms with Crippen LogP contribution in [0.25, 0.3) is 0 Å². The topological polar surface area (TPSA) is 41.3 Å². The van der Waals surface area contributed by atoms with E-state index >= 15 is 0 Å². The smallest absolute Gasteiger partial charge is 0.0392 e. The zero-order chi connectivity index (χ0) is 14.1. The summed E-state index contributed by atoms with van der Waals surface area (Å²) in [7, 11) is 0. The number of allylic oxidation sites excluding steroid dienone is 1. The number of hydrogen-bond donors (Lipinski definition) is 2. The molecule has 1 heterocycles. The molecule has 112 valence electrons. The minimum absolute atomic E-state index is 0.212. The Kier molecular flexibility index (Phi) is 7.66. The molecule has 0 bridgehead atoms. The Morgan fingerprint density at radius 3 is 2.53 bits per heavy atom. The Morgan fingerprint density at radius 2 is 2.00 bits per heavy atom. The highest BCUT2D eigenvalue weighted by Crippen LogP contribution is 2.30. The van der Waals surface area contributed by atoms with E-state index in [-0.39, 0.29) is 5.54 Å². The first-order chi connectivity index (χ1) is 9.19. The fourth-order valence-electron chi connectivity index (χ4n) is 3.31. The van der Waals surface area contributed by atoms with Crippen molar-refractivity contribution in [1.82, 2.24) is 10.3 Å². The summed E-state index contributed by atoms with van der Waals surface area (Å²) in [5.74, 6) is 5.85. The second-order valence-electron chi connectivity index (χ2n) is 6.05. The number of nitrogens with zero attached hydrogens (tertiary/aromatic N) is 1. The van der Waals surface area contributed by atoms with Crippen LogP contribution in [0.5, 0.6) is 0 Å². The fraction of sp³-hybridized carbons (Fsp3) is 0.875. The van der Waals surface area contributed by atoms with Crippen molar-refractivity contribution in [1.29, 1.82) is 0 Å². The number of unbranched alkanes of at least 4 members (excludes halogenated alkanes) is 3. The van der Waals surface area contributed by atoms with Crippen molar-refractivity contribution in [3.63, 3.8) is 0 Å². The number of hydrazine groups is 1. The molecule has 1 fully saturated rings. The second-order valence-corrected chi connectivity index (χ2v) is 6.05. The largest absolute Gasteiger partial charge is 0.296 e. The van der Waals surface area contributed by atoms with E-state index in [4.69, 9.17) is 5.84 Å². The third-order valence-electron chi connectivity index (χ3n) is 4.90. The van der Waals surface area contributed by atoms with Gasteiger partial charge in [-0.25, -0.2) is 0 Å². The Labute approximate surface area is 119 Å². The summed E-state index contributed by atoms with van der Waals surface area (Å²) < 4.78 is 0. The molecule has 2 unspecified atom stereocenters. The number of nitrogens with one attached hydrogen (secondary N) is 1. The monoisotopic (exact) mass is 267 g/mol. The van der Waals surface area contributed by atoms with E-state index < -0.39 is 0 Å². The molecule has 0 spiro atoms. The maximum absolute atomic E-state index is 5.85. The quantitative estimate of drug-likeness (QED) is 0.276. The van der Waals surface area contributed by atoms with Crippen molar-refractivity contribution in [3.05, 3.63) is 12.7 Å². The molecule has 0 radical (unpaired) electrons. The molecule has 0 aromatic rings. The molecule has 1 rings (SSSR count). The molecule has 3 N–H and O–H groups in total. The average molecular weight is 267 g/mol. The summed E-state index contributed by atoms with van der Waals surface area (Å²) in [5, 5.41) is 0. The predicted octanol–water partition coefficient (Wildman–Crippen LogP) is 3.22. The van der Waals surface area contributed by atoms with Gasteiger partial charge in [-0.1, -0.05) is 25.8 Å². The van der Waals surface area contributed by atoms with Crippen molar-refractivity contribution < 1.29 is 0 Å². The van der Waals surface area contributed by atoms with Gasteiger partial charge in [0.15, 0.2) is 0 Å². The average Bonchev–Trinajstić information content (AvgIpc) is 2.96. The zero-order valence-corrected chi connectivity index (χ0v) is 13.0. The first-order valence-corrected chi connectivity index (χ1v) is 8.01. The number of rotatable bonds is 10. The molecule has 0 aliphatic carbocycles. The van der Waals surface area contributed by atoms with Crippen LogP contribution in [0.3, 0.4) is 0 Å². The van der Waals surface area contributed by atoms with Crippen LogP contribution in [0.2, 0.25) is 0 Å². The standard InChI is InChI=1S/C16H33N3/c1-4-6-7-8-9-12-15(18-17)16(3,5-2)19-13-10-11-14-19/h4,15,18H,1,5-14,17H2,2-3H3. The number of hydrogen-bond acceptors (Lipinski definition) is 3. The lowest BCUT2D eigenvalue weighted by Crippen LogP contribution is -2.60. The lowest BCUT2D eigenvalue weighted by molar-refractivity contribution is 0.0791. The van der Waals surface area contributed by atoms with Gasteiger partial charge in [0.1, 0.15) is 0 Å². The molecule has 0 aromatic carbocycles. The molecule has 1 saturated heterocycles. The number of nitrogens with two attached hydrogens (primary N) is 1. The van der Waals surface area contributed by atoms with E-state index in [1.807, 2.05) is 6.08 Å². The molecule has 1 aliphatic rings. The van der Waals surface area contributed by atoms with Crippen molar-refractivity contribution in [2.45, 2.75) is 76.8 Å². The first-order valence-electron chi connectivity index (χ1n) is 8.01. The van der Waals surface area contributed by atoms with Crippen molar-refractivity contribution in [2.24, 2.45) is 5.84 Å².